The number of hydrogen-bond donors (Lipinski definition) is 3. The van der Waals surface area contributed by atoms with Crippen molar-refractivity contribution in [1.29, 1.82) is 0 Å². The molecular formula is C41H41N5O9SV-2. The predicted molar refractivity (Wildman–Crippen MR) is 207 cm³/mol. The van der Waals surface area contributed by atoms with Gasteiger partial charge in [0, 0.05) is 11.3 Å². The van der Waals surface area contributed by atoms with Crippen LogP contribution >= 0.6 is 11.8 Å². The van der Waals surface area contributed by atoms with E-state index >= 15 is 0 Å². The zero-order valence-corrected chi connectivity index (χ0v) is 34.2. The maximum atomic E-state index is 14.0. The second kappa shape index (κ2) is 20.0. The van der Waals surface area contributed by atoms with Gasteiger partial charge in [-0.2, -0.15) is 0 Å². The molecule has 2 atom stereocenters. The molecule has 0 bridgehead atoms. The second-order valence-electron chi connectivity index (χ2n) is 14.0. The number of nitrogens with one attached hydrogen (secondary N) is 2. The van der Waals surface area contributed by atoms with Gasteiger partial charge < -0.3 is 35.4 Å². The molecule has 2 heterocycles. The van der Waals surface area contributed by atoms with Gasteiger partial charge in [-0.3, -0.25) is 9.59 Å². The number of aromatic nitrogens is 1. The van der Waals surface area contributed by atoms with Crippen molar-refractivity contribution < 1.29 is 60.0 Å². The molecule has 1 saturated carbocycles. The molecule has 297 valence electrons. The first-order valence-corrected chi connectivity index (χ1v) is 19.6. The normalized spacial score (nSPS) is 19.4. The second-order valence-corrected chi connectivity index (χ2v) is 15.1. The number of amides is 2. The van der Waals surface area contributed by atoms with Crippen LogP contribution in [-0.2, 0) is 40.2 Å². The quantitative estimate of drug-likeness (QED) is 0.0818. The molecule has 2 aromatic carbocycles. The van der Waals surface area contributed by atoms with Crippen molar-refractivity contribution in [3.8, 4) is 11.1 Å². The third-order valence-corrected chi connectivity index (χ3v) is 10.6. The van der Waals surface area contributed by atoms with E-state index in [0.717, 1.165) is 36.3 Å². The van der Waals surface area contributed by atoms with Gasteiger partial charge in [-0.25, -0.2) is 19.4 Å². The number of thioether (sulfide) groups is 1. The van der Waals surface area contributed by atoms with Crippen LogP contribution in [0.2, 0.25) is 0 Å². The van der Waals surface area contributed by atoms with Gasteiger partial charge in [-0.15, -0.1) is 11.8 Å². The zero-order chi connectivity index (χ0) is 42.0. The summed E-state index contributed by atoms with van der Waals surface area (Å²) in [6.45, 7) is 17.2. The van der Waals surface area contributed by atoms with Gasteiger partial charge >= 0.3 is 33.0 Å². The Bertz CT molecular complexity index is 2150. The van der Waals surface area contributed by atoms with Crippen molar-refractivity contribution in [1.82, 2.24) is 10.3 Å². The van der Waals surface area contributed by atoms with Crippen LogP contribution in [0.3, 0.4) is 0 Å². The predicted octanol–water partition coefficient (Wildman–Crippen LogP) is 6.13. The van der Waals surface area contributed by atoms with E-state index in [2.05, 4.69) is 46.2 Å². The number of nitrogens with zero attached hydrogens (tertiary/aromatic N) is 3. The van der Waals surface area contributed by atoms with Gasteiger partial charge in [0.15, 0.2) is 5.69 Å². The van der Waals surface area contributed by atoms with Crippen molar-refractivity contribution in [2.45, 2.75) is 71.3 Å². The number of rotatable bonds is 12. The zero-order valence-electron chi connectivity index (χ0n) is 32.0. The number of carbonyl (C=O) groups is 5. The molecule has 1 aliphatic heterocycles. The molecule has 0 saturated heterocycles. The summed E-state index contributed by atoms with van der Waals surface area (Å²) in [6.07, 6.45) is 3.41. The van der Waals surface area contributed by atoms with E-state index in [1.807, 2.05) is 30.3 Å². The molecule has 14 nitrogen and oxygen atoms in total. The Balaban J connectivity index is 0.00000354. The van der Waals surface area contributed by atoms with Crippen LogP contribution in [-0.4, -0.2) is 52.5 Å². The van der Waals surface area contributed by atoms with Crippen molar-refractivity contribution in [3.05, 3.63) is 93.6 Å². The van der Waals surface area contributed by atoms with Crippen LogP contribution in [0.15, 0.2) is 75.3 Å². The summed E-state index contributed by atoms with van der Waals surface area (Å²) < 4.78 is 14.3. The molecule has 3 N–H and O–H groups in total. The Morgan fingerprint density at radius 1 is 1.05 bits per heavy atom. The molecule has 5 rings (SSSR count). The Hall–Kier alpha value is -5.56. The molecule has 1 aliphatic carbocycles. The van der Waals surface area contributed by atoms with Gasteiger partial charge in [0.1, 0.15) is 23.4 Å². The number of anilines is 1. The summed E-state index contributed by atoms with van der Waals surface area (Å²) in [5.74, 6) is -3.08. The number of carbonyl (C=O) groups excluding carboxylic acids is 4. The topological polar surface area (TPSA) is 210 Å². The van der Waals surface area contributed by atoms with E-state index in [9.17, 15) is 34.2 Å². The number of carboxylic acids is 2. The van der Waals surface area contributed by atoms with Gasteiger partial charge in [-0.1, -0.05) is 56.9 Å². The van der Waals surface area contributed by atoms with Crippen LogP contribution in [0.25, 0.3) is 22.0 Å². The molecule has 1 fully saturated rings. The molecule has 2 amide bonds. The van der Waals surface area contributed by atoms with E-state index in [-0.39, 0.29) is 58.4 Å². The Morgan fingerprint density at radius 3 is 2.30 bits per heavy atom. The first kappa shape index (κ1) is 44.2. The van der Waals surface area contributed by atoms with Gasteiger partial charge in [0.25, 0.3) is 0 Å². The molecule has 0 radical (unpaired) electrons. The summed E-state index contributed by atoms with van der Waals surface area (Å²) in [5.41, 5.74) is 1.98. The minimum absolute atomic E-state index is 0.00366. The fourth-order valence-electron chi connectivity index (χ4n) is 7.15. The first-order chi connectivity index (χ1) is 27.2. The number of carboxylic acid groups (broad SMARTS) is 2. The maximum absolute atomic E-state index is 14.0. The van der Waals surface area contributed by atoms with E-state index in [1.165, 1.54) is 30.8 Å². The van der Waals surface area contributed by atoms with E-state index in [4.69, 9.17) is 15.0 Å². The fraction of sp³-hybridized carbons (Fsp3) is 0.341. The molecule has 57 heavy (non-hydrogen) atoms. The first-order valence-electron chi connectivity index (χ1n) is 18.0. The number of aliphatic imine (C=N–C) groups is 1. The number of hydrogen-bond acceptors (Lipinski definition) is 10. The van der Waals surface area contributed by atoms with Gasteiger partial charge in [-0.05, 0) is 109 Å². The standard InChI is InChI=1S/C41H43N5O8S.O.V/c1-21-15-22(2)36(23(3)16-21)54-41(53)33-24(4)30(20-31-34(26-11-8-7-9-12-26)35(42-6)38(45-31)43-25(5)47)44-37(33)46-32(48)13-10-14-55-29-18-27(39(49)50)17-28(19-29)40(51)52;;/h7-9,11-12,17-23,36H,10,13-16H2,1-5H3,(H5,43,44,45,46,47,48,49,50,51,52,53);;/p-2. The van der Waals surface area contributed by atoms with Crippen molar-refractivity contribution >= 4 is 64.9 Å². The fourth-order valence-corrected chi connectivity index (χ4v) is 8.10. The summed E-state index contributed by atoms with van der Waals surface area (Å²) in [7, 11) is 0. The van der Waals surface area contributed by atoms with Gasteiger partial charge in [0.2, 0.25) is 5.91 Å². The molecule has 3 aromatic rings. The van der Waals surface area contributed by atoms with E-state index < -0.39 is 29.7 Å². The molecule has 0 spiro atoms. The average molecular weight is 831 g/mol. The third-order valence-electron chi connectivity index (χ3n) is 9.50. The van der Waals surface area contributed by atoms with Crippen molar-refractivity contribution in [3.63, 3.8) is 0 Å². The number of benzene rings is 2. The van der Waals surface area contributed by atoms with Crippen molar-refractivity contribution in [2.75, 3.05) is 11.1 Å². The van der Waals surface area contributed by atoms with Crippen LogP contribution in [0.5, 0.6) is 0 Å². The average Bonchev–Trinajstić information content (AvgIpc) is 3.66. The monoisotopic (exact) mass is 830 g/mol. The van der Waals surface area contributed by atoms with E-state index in [1.54, 1.807) is 13.0 Å². The Labute approximate surface area is 343 Å². The molecule has 2 unspecified atom stereocenters. The number of amidine groups is 1. The molecule has 16 heteroatoms. The Kier molecular flexibility index (Phi) is 15.5. The van der Waals surface area contributed by atoms with Crippen LogP contribution in [0, 0.1) is 24.3 Å². The number of aromatic carboxylic acids is 2. The third kappa shape index (κ3) is 11.1. The van der Waals surface area contributed by atoms with Crippen molar-refractivity contribution in [2.24, 2.45) is 22.7 Å². The molecular weight excluding hydrogens is 789 g/mol. The van der Waals surface area contributed by atoms with Crippen LogP contribution in [0.4, 0.5) is 11.5 Å². The Morgan fingerprint density at radius 2 is 1.70 bits per heavy atom. The summed E-state index contributed by atoms with van der Waals surface area (Å²) >= 11 is 2.25. The number of ether oxygens (including phenoxy) is 1. The SMILES string of the molecule is [C-]#[N+]c1c(NC(C)=O)[n-]c(/C=C2\N=C(NC(=O)CCCSc3cc(C(=O)[O-])cc(C(=O)O)c3)C(C(=O)OC3C(C)CC(C)CC3C)=C2C)c1-c1ccccc1.[O]=[V]. The van der Waals surface area contributed by atoms with Crippen LogP contribution < -0.4 is 20.7 Å². The summed E-state index contributed by atoms with van der Waals surface area (Å²) in [6, 6.07) is 12.8. The number of allylic oxidation sites excluding steroid dienone is 1. The van der Waals surface area contributed by atoms with Gasteiger partial charge in [0.05, 0.1) is 23.8 Å². The van der Waals surface area contributed by atoms with Crippen LogP contribution in [0.1, 0.15) is 86.7 Å². The molecule has 2 aliphatic rings. The summed E-state index contributed by atoms with van der Waals surface area (Å²) in [4.78, 5) is 75.6. The molecule has 1 aromatic heterocycles. The summed E-state index contributed by atoms with van der Waals surface area (Å²) in [5, 5.41) is 26.2. The minimum atomic E-state index is -1.50. The number of esters is 1. The van der Waals surface area contributed by atoms with E-state index in [0.29, 0.717) is 51.1 Å².